The number of aromatic nitrogens is 1. The highest BCUT2D eigenvalue weighted by molar-refractivity contribution is 5.99. The Kier molecular flexibility index (Phi) is 7.07. The van der Waals surface area contributed by atoms with Crippen molar-refractivity contribution in [1.29, 1.82) is 0 Å². The minimum absolute atomic E-state index is 0.00364. The van der Waals surface area contributed by atoms with Crippen LogP contribution in [0.1, 0.15) is 27.1 Å². The fraction of sp³-hybridized carbons (Fsp3) is 0.333. The summed E-state index contributed by atoms with van der Waals surface area (Å²) >= 11 is 0. The Balaban J connectivity index is 1.48. The molecule has 0 spiro atoms. The van der Waals surface area contributed by atoms with Crippen LogP contribution in [0.3, 0.4) is 0 Å². The van der Waals surface area contributed by atoms with E-state index in [1.165, 1.54) is 6.08 Å². The van der Waals surface area contributed by atoms with Gasteiger partial charge in [-0.3, -0.25) is 14.4 Å². The van der Waals surface area contributed by atoms with Crippen molar-refractivity contribution in [3.63, 3.8) is 0 Å². The third kappa shape index (κ3) is 5.34. The highest BCUT2D eigenvalue weighted by atomic mass is 16.5. The molecule has 0 bridgehead atoms. The second-order valence-corrected chi connectivity index (χ2v) is 8.18. The topological polar surface area (TPSA) is 130 Å². The zero-order valence-corrected chi connectivity index (χ0v) is 18.8. The van der Waals surface area contributed by atoms with Gasteiger partial charge < -0.3 is 30.9 Å². The molecule has 10 nitrogen and oxygen atoms in total. The Bertz CT molecular complexity index is 1080. The maximum atomic E-state index is 12.7. The summed E-state index contributed by atoms with van der Waals surface area (Å²) in [4.78, 5) is 44.7. The molecular weight excluding hydrogens is 436 g/mol. The van der Waals surface area contributed by atoms with Gasteiger partial charge >= 0.3 is 0 Å². The van der Waals surface area contributed by atoms with Crippen LogP contribution in [0.5, 0.6) is 0 Å². The van der Waals surface area contributed by atoms with Crippen molar-refractivity contribution in [2.24, 2.45) is 5.73 Å². The van der Waals surface area contributed by atoms with E-state index in [-0.39, 0.29) is 23.4 Å². The van der Waals surface area contributed by atoms with E-state index in [4.69, 9.17) is 10.5 Å². The summed E-state index contributed by atoms with van der Waals surface area (Å²) in [6.07, 6.45) is 2.03. The molecule has 178 valence electrons. The molecule has 1 aromatic carbocycles. The monoisotopic (exact) mass is 464 g/mol. The van der Waals surface area contributed by atoms with Gasteiger partial charge in [-0.2, -0.15) is 0 Å². The number of nitrogens with two attached hydrogens (primary N) is 1. The van der Waals surface area contributed by atoms with Gasteiger partial charge in [0.2, 0.25) is 5.91 Å². The first kappa shape index (κ1) is 23.2. The highest BCUT2D eigenvalue weighted by Gasteiger charge is 2.25. The molecule has 2 aliphatic rings. The van der Waals surface area contributed by atoms with Gasteiger partial charge in [-0.1, -0.05) is 6.58 Å². The second kappa shape index (κ2) is 10.3. The number of rotatable bonds is 7. The Morgan fingerprint density at radius 2 is 1.82 bits per heavy atom. The lowest BCUT2D eigenvalue weighted by molar-refractivity contribution is -0.117. The van der Waals surface area contributed by atoms with Crippen molar-refractivity contribution < 1.29 is 19.1 Å². The van der Waals surface area contributed by atoms with Crippen LogP contribution in [0.4, 0.5) is 17.3 Å². The molecule has 2 fully saturated rings. The number of anilines is 3. The molecule has 34 heavy (non-hydrogen) atoms. The zero-order chi connectivity index (χ0) is 24.1. The first-order chi connectivity index (χ1) is 16.4. The van der Waals surface area contributed by atoms with E-state index in [1.807, 2.05) is 4.90 Å². The van der Waals surface area contributed by atoms with Crippen LogP contribution in [0.25, 0.3) is 0 Å². The van der Waals surface area contributed by atoms with Crippen LogP contribution in [0.15, 0.2) is 49.1 Å². The van der Waals surface area contributed by atoms with Crippen LogP contribution in [0, 0.1) is 0 Å². The number of primary amides is 1. The van der Waals surface area contributed by atoms with E-state index in [9.17, 15) is 14.4 Å². The van der Waals surface area contributed by atoms with Gasteiger partial charge in [-0.25, -0.2) is 4.98 Å². The number of amides is 3. The van der Waals surface area contributed by atoms with E-state index in [0.29, 0.717) is 62.3 Å². The van der Waals surface area contributed by atoms with Gasteiger partial charge in [0.25, 0.3) is 11.8 Å². The number of carbonyl (C=O) groups excluding carboxylic acids is 3. The van der Waals surface area contributed by atoms with Crippen LogP contribution in [-0.4, -0.2) is 73.0 Å². The van der Waals surface area contributed by atoms with Crippen molar-refractivity contribution in [1.82, 2.24) is 15.2 Å². The third-order valence-electron chi connectivity index (χ3n) is 5.88. The Morgan fingerprint density at radius 3 is 2.50 bits per heavy atom. The molecule has 3 heterocycles. The lowest BCUT2D eigenvalue weighted by atomic mass is 10.1. The van der Waals surface area contributed by atoms with Gasteiger partial charge in [-0.15, -0.1) is 0 Å². The van der Waals surface area contributed by atoms with Crippen LogP contribution < -0.4 is 21.3 Å². The maximum absolute atomic E-state index is 12.7. The molecule has 3 amide bonds. The first-order valence-electron chi connectivity index (χ1n) is 11.2. The maximum Gasteiger partial charge on any atom is 0.254 e. The number of hydrogen-bond donors (Lipinski definition) is 3. The van der Waals surface area contributed by atoms with E-state index >= 15 is 0 Å². The summed E-state index contributed by atoms with van der Waals surface area (Å²) < 4.78 is 5.30. The SMILES string of the molecule is C=CC(=O)N[C@@H]1CCN(c2ccc(C(N)=O)c(Nc3ccc(C(=O)N4CCOCC4)cc3)n2)C1. The van der Waals surface area contributed by atoms with Crippen LogP contribution >= 0.6 is 0 Å². The van der Waals surface area contributed by atoms with Crippen molar-refractivity contribution in [2.45, 2.75) is 12.5 Å². The van der Waals surface area contributed by atoms with Crippen molar-refractivity contribution >= 4 is 35.0 Å². The molecule has 2 aliphatic heterocycles. The number of pyridine rings is 1. The Hall–Kier alpha value is -3.92. The van der Waals surface area contributed by atoms with E-state index in [0.717, 1.165) is 6.42 Å². The van der Waals surface area contributed by atoms with Crippen LogP contribution in [0.2, 0.25) is 0 Å². The molecule has 2 saturated heterocycles. The molecule has 0 unspecified atom stereocenters. The number of benzene rings is 1. The predicted octanol–water partition coefficient (Wildman–Crippen LogP) is 1.28. The minimum Gasteiger partial charge on any atom is -0.378 e. The lowest BCUT2D eigenvalue weighted by Gasteiger charge is -2.26. The molecule has 10 heteroatoms. The summed E-state index contributed by atoms with van der Waals surface area (Å²) in [5.74, 6) is 0.151. The average molecular weight is 465 g/mol. The van der Waals surface area contributed by atoms with Gasteiger partial charge in [0.15, 0.2) is 0 Å². The van der Waals surface area contributed by atoms with Crippen molar-refractivity contribution in [3.8, 4) is 0 Å². The minimum atomic E-state index is -0.599. The second-order valence-electron chi connectivity index (χ2n) is 8.18. The number of nitrogens with zero attached hydrogens (tertiary/aromatic N) is 3. The third-order valence-corrected chi connectivity index (χ3v) is 5.88. The standard InChI is InChI=1S/C24H28N6O4/c1-2-21(31)26-18-9-10-30(15-18)20-8-7-19(22(25)32)23(28-20)27-17-5-3-16(4-6-17)24(33)29-11-13-34-14-12-29/h2-8,18H,1,9-15H2,(H2,25,32)(H,26,31)(H,27,28)/t18-/m1/s1. The Morgan fingerprint density at radius 1 is 1.09 bits per heavy atom. The summed E-state index contributed by atoms with van der Waals surface area (Å²) in [7, 11) is 0. The molecule has 2 aromatic rings. The van der Waals surface area contributed by atoms with Gasteiger partial charge in [0.05, 0.1) is 18.8 Å². The molecular formula is C24H28N6O4. The van der Waals surface area contributed by atoms with Gasteiger partial charge in [0, 0.05) is 43.5 Å². The number of carbonyl (C=O) groups is 3. The smallest absolute Gasteiger partial charge is 0.254 e. The summed E-state index contributed by atoms with van der Waals surface area (Å²) in [5.41, 5.74) is 7.07. The predicted molar refractivity (Wildman–Crippen MR) is 128 cm³/mol. The fourth-order valence-electron chi connectivity index (χ4n) is 4.05. The summed E-state index contributed by atoms with van der Waals surface area (Å²) in [5, 5.41) is 6.05. The Labute approximate surface area is 197 Å². The van der Waals surface area contributed by atoms with E-state index in [1.54, 1.807) is 41.3 Å². The summed E-state index contributed by atoms with van der Waals surface area (Å²) in [6.45, 7) is 7.03. The highest BCUT2D eigenvalue weighted by Crippen LogP contribution is 2.25. The fourth-order valence-corrected chi connectivity index (χ4v) is 4.05. The largest absolute Gasteiger partial charge is 0.378 e. The average Bonchev–Trinajstić information content (AvgIpc) is 3.32. The van der Waals surface area contributed by atoms with Crippen molar-refractivity contribution in [3.05, 3.63) is 60.2 Å². The van der Waals surface area contributed by atoms with Gasteiger partial charge in [-0.05, 0) is 48.9 Å². The lowest BCUT2D eigenvalue weighted by Crippen LogP contribution is -2.40. The number of nitrogens with one attached hydrogen (secondary N) is 2. The molecule has 0 aliphatic carbocycles. The molecule has 4 N–H and O–H groups in total. The summed E-state index contributed by atoms with van der Waals surface area (Å²) in [6, 6.07) is 10.4. The van der Waals surface area contributed by atoms with Crippen LogP contribution in [-0.2, 0) is 9.53 Å². The number of morpholine rings is 1. The van der Waals surface area contributed by atoms with E-state index < -0.39 is 5.91 Å². The molecule has 4 rings (SSSR count). The van der Waals surface area contributed by atoms with E-state index in [2.05, 4.69) is 22.2 Å². The first-order valence-corrected chi connectivity index (χ1v) is 11.2. The number of ether oxygens (including phenoxy) is 1. The van der Waals surface area contributed by atoms with Gasteiger partial charge in [0.1, 0.15) is 11.6 Å². The molecule has 1 aromatic heterocycles. The normalized spacial score (nSPS) is 17.8. The quantitative estimate of drug-likeness (QED) is 0.526. The number of hydrogen-bond acceptors (Lipinski definition) is 7. The molecule has 0 radical (unpaired) electrons. The van der Waals surface area contributed by atoms with Crippen molar-refractivity contribution in [2.75, 3.05) is 49.6 Å². The molecule has 0 saturated carbocycles. The molecule has 1 atom stereocenters. The zero-order valence-electron chi connectivity index (χ0n) is 18.8.